The van der Waals surface area contributed by atoms with Crippen LogP contribution in [0.1, 0.15) is 45.1 Å². The van der Waals surface area contributed by atoms with Crippen molar-refractivity contribution in [1.29, 1.82) is 0 Å². The number of carbonyl (C=O) groups is 1. The SMILES string of the molecule is CC(C)[C@](NCC(F)(F)F)(C(N)=O)c1cncc(-c2c[nH]c3ncc(OC4CCCC4)cc23)c1. The van der Waals surface area contributed by atoms with Crippen molar-refractivity contribution < 1.29 is 22.7 Å². The summed E-state index contributed by atoms with van der Waals surface area (Å²) in [5.74, 6) is -0.816. The molecule has 0 bridgehead atoms. The Morgan fingerprint density at radius 2 is 1.97 bits per heavy atom. The van der Waals surface area contributed by atoms with Crippen LogP contribution in [-0.4, -0.2) is 39.7 Å². The number of aromatic nitrogens is 3. The van der Waals surface area contributed by atoms with Crippen LogP contribution >= 0.6 is 0 Å². The van der Waals surface area contributed by atoms with Gasteiger partial charge < -0.3 is 15.5 Å². The van der Waals surface area contributed by atoms with E-state index in [0.717, 1.165) is 36.6 Å². The molecule has 0 spiro atoms. The van der Waals surface area contributed by atoms with E-state index in [2.05, 4.69) is 20.3 Å². The highest BCUT2D eigenvalue weighted by Crippen LogP contribution is 2.36. The highest BCUT2D eigenvalue weighted by Gasteiger charge is 2.44. The van der Waals surface area contributed by atoms with Crippen molar-refractivity contribution in [2.45, 2.75) is 57.3 Å². The van der Waals surface area contributed by atoms with Crippen LogP contribution < -0.4 is 15.8 Å². The number of primary amides is 1. The second-order valence-electron chi connectivity index (χ2n) is 9.05. The van der Waals surface area contributed by atoms with Gasteiger partial charge >= 0.3 is 6.18 Å². The molecule has 10 heteroatoms. The summed E-state index contributed by atoms with van der Waals surface area (Å²) in [4.78, 5) is 24.3. The second kappa shape index (κ2) is 9.25. The average molecular weight is 476 g/mol. The summed E-state index contributed by atoms with van der Waals surface area (Å²) in [6, 6.07) is 3.54. The first-order valence-electron chi connectivity index (χ1n) is 11.3. The van der Waals surface area contributed by atoms with Crippen LogP contribution in [0.15, 0.2) is 36.9 Å². The van der Waals surface area contributed by atoms with Gasteiger partial charge in [0.25, 0.3) is 0 Å². The Kier molecular flexibility index (Phi) is 6.53. The molecule has 1 amide bonds. The number of amides is 1. The normalized spacial score (nSPS) is 16.8. The third-order valence-corrected chi connectivity index (χ3v) is 6.44. The molecule has 4 rings (SSSR count). The van der Waals surface area contributed by atoms with Crippen LogP contribution in [0.25, 0.3) is 22.2 Å². The van der Waals surface area contributed by atoms with Crippen molar-refractivity contribution in [2.24, 2.45) is 11.7 Å². The van der Waals surface area contributed by atoms with Gasteiger partial charge in [0.2, 0.25) is 5.91 Å². The number of carbonyl (C=O) groups excluding carboxylic acids is 1. The minimum absolute atomic E-state index is 0.175. The number of pyridine rings is 2. The monoisotopic (exact) mass is 475 g/mol. The molecule has 0 saturated heterocycles. The first-order valence-corrected chi connectivity index (χ1v) is 11.3. The van der Waals surface area contributed by atoms with E-state index in [0.29, 0.717) is 17.0 Å². The Morgan fingerprint density at radius 3 is 2.62 bits per heavy atom. The Morgan fingerprint density at radius 1 is 1.24 bits per heavy atom. The van der Waals surface area contributed by atoms with E-state index in [1.165, 1.54) is 6.20 Å². The summed E-state index contributed by atoms with van der Waals surface area (Å²) in [5.41, 5.74) is 6.17. The largest absolute Gasteiger partial charge is 0.489 e. The molecule has 3 aromatic heterocycles. The first kappa shape index (κ1) is 24.0. The average Bonchev–Trinajstić information content (AvgIpc) is 3.43. The third-order valence-electron chi connectivity index (χ3n) is 6.44. The lowest BCUT2D eigenvalue weighted by Gasteiger charge is -2.36. The Hall–Kier alpha value is -3.14. The summed E-state index contributed by atoms with van der Waals surface area (Å²) in [6.45, 7) is 1.92. The smallest absolute Gasteiger partial charge is 0.401 e. The molecule has 0 aromatic carbocycles. The van der Waals surface area contributed by atoms with Gasteiger partial charge in [-0.25, -0.2) is 4.98 Å². The Balaban J connectivity index is 1.74. The number of H-pyrrole nitrogens is 1. The highest BCUT2D eigenvalue weighted by molar-refractivity contribution is 5.94. The van der Waals surface area contributed by atoms with E-state index >= 15 is 0 Å². The molecule has 4 N–H and O–H groups in total. The number of alkyl halides is 3. The van der Waals surface area contributed by atoms with E-state index in [9.17, 15) is 18.0 Å². The van der Waals surface area contributed by atoms with Crippen molar-refractivity contribution in [3.63, 3.8) is 0 Å². The summed E-state index contributed by atoms with van der Waals surface area (Å²) in [7, 11) is 0. The number of fused-ring (bicyclic) bond motifs is 1. The lowest BCUT2D eigenvalue weighted by molar-refractivity contribution is -0.139. The van der Waals surface area contributed by atoms with Gasteiger partial charge in [0.1, 0.15) is 16.9 Å². The van der Waals surface area contributed by atoms with E-state index in [1.54, 1.807) is 38.5 Å². The molecular weight excluding hydrogens is 447 g/mol. The molecule has 0 radical (unpaired) electrons. The quantitative estimate of drug-likeness (QED) is 0.447. The zero-order valence-electron chi connectivity index (χ0n) is 19.1. The van der Waals surface area contributed by atoms with Crippen LogP contribution in [0.4, 0.5) is 13.2 Å². The van der Waals surface area contributed by atoms with Gasteiger partial charge in [0.05, 0.1) is 18.8 Å². The van der Waals surface area contributed by atoms with Gasteiger partial charge in [-0.1, -0.05) is 13.8 Å². The predicted molar refractivity (Wildman–Crippen MR) is 122 cm³/mol. The molecule has 7 nitrogen and oxygen atoms in total. The fraction of sp³-hybridized carbons (Fsp3) is 0.458. The number of aromatic amines is 1. The summed E-state index contributed by atoms with van der Waals surface area (Å²) in [5, 5.41) is 3.15. The molecule has 1 saturated carbocycles. The molecule has 0 aliphatic heterocycles. The van der Waals surface area contributed by atoms with Gasteiger partial charge in [0, 0.05) is 40.7 Å². The minimum Gasteiger partial charge on any atom is -0.489 e. The Labute approximate surface area is 195 Å². The molecule has 1 aliphatic rings. The molecular formula is C24H28F3N5O2. The zero-order chi connectivity index (χ0) is 24.5. The number of hydrogen-bond acceptors (Lipinski definition) is 5. The van der Waals surface area contributed by atoms with E-state index in [1.807, 2.05) is 6.07 Å². The van der Waals surface area contributed by atoms with Gasteiger partial charge in [-0.15, -0.1) is 0 Å². The number of hydrogen-bond donors (Lipinski definition) is 3. The highest BCUT2D eigenvalue weighted by atomic mass is 19.4. The molecule has 1 aliphatic carbocycles. The van der Waals surface area contributed by atoms with Crippen molar-refractivity contribution in [3.8, 4) is 16.9 Å². The predicted octanol–water partition coefficient (Wildman–Crippen LogP) is 4.43. The number of nitrogens with two attached hydrogens (primary N) is 1. The number of nitrogens with one attached hydrogen (secondary N) is 2. The number of nitrogens with zero attached hydrogens (tertiary/aromatic N) is 2. The maximum Gasteiger partial charge on any atom is 0.401 e. The van der Waals surface area contributed by atoms with Crippen LogP contribution in [0.3, 0.4) is 0 Å². The molecule has 34 heavy (non-hydrogen) atoms. The molecule has 1 atom stereocenters. The fourth-order valence-corrected chi connectivity index (χ4v) is 4.68. The van der Waals surface area contributed by atoms with E-state index in [-0.39, 0.29) is 11.7 Å². The van der Waals surface area contributed by atoms with Gasteiger partial charge in [-0.2, -0.15) is 13.2 Å². The molecule has 3 heterocycles. The lowest BCUT2D eigenvalue weighted by atomic mass is 9.79. The standard InChI is InChI=1S/C24H28F3N5O2/c1-14(2)24(22(28)33,32-13-23(25,26)27)16-7-15(9-29-10-16)20-12-31-21-19(20)8-18(11-30-21)34-17-5-3-4-6-17/h7-12,14,17,32H,3-6,13H2,1-2H3,(H2,28,33)(H,30,31)/t24-/m1/s1. The number of ether oxygens (including phenoxy) is 1. The fourth-order valence-electron chi connectivity index (χ4n) is 4.68. The molecule has 182 valence electrons. The topological polar surface area (TPSA) is 106 Å². The summed E-state index contributed by atoms with van der Waals surface area (Å²) in [6.07, 6.45) is 6.37. The van der Waals surface area contributed by atoms with E-state index < -0.39 is 30.1 Å². The van der Waals surface area contributed by atoms with E-state index in [4.69, 9.17) is 10.5 Å². The second-order valence-corrected chi connectivity index (χ2v) is 9.05. The molecule has 0 unspecified atom stereocenters. The van der Waals surface area contributed by atoms with Crippen molar-refractivity contribution in [1.82, 2.24) is 20.3 Å². The lowest BCUT2D eigenvalue weighted by Crippen LogP contribution is -2.58. The van der Waals surface area contributed by atoms with Crippen molar-refractivity contribution in [2.75, 3.05) is 6.54 Å². The summed E-state index contributed by atoms with van der Waals surface area (Å²) < 4.78 is 45.2. The number of halogens is 3. The van der Waals surface area contributed by atoms with Crippen LogP contribution in [0.2, 0.25) is 0 Å². The maximum absolute atomic E-state index is 13.0. The maximum atomic E-state index is 13.0. The van der Waals surface area contributed by atoms with Crippen LogP contribution in [0.5, 0.6) is 5.75 Å². The Bertz CT molecular complexity index is 1170. The zero-order valence-corrected chi connectivity index (χ0v) is 19.1. The minimum atomic E-state index is -4.52. The van der Waals surface area contributed by atoms with Crippen molar-refractivity contribution in [3.05, 3.63) is 42.5 Å². The molecule has 3 aromatic rings. The van der Waals surface area contributed by atoms with Gasteiger partial charge in [-0.05, 0) is 43.7 Å². The van der Waals surface area contributed by atoms with Crippen LogP contribution in [0, 0.1) is 5.92 Å². The number of rotatable bonds is 8. The third kappa shape index (κ3) is 4.72. The van der Waals surface area contributed by atoms with Crippen molar-refractivity contribution >= 4 is 16.9 Å². The van der Waals surface area contributed by atoms with Gasteiger partial charge in [0.15, 0.2) is 0 Å². The molecule has 1 fully saturated rings. The van der Waals surface area contributed by atoms with Gasteiger partial charge in [-0.3, -0.25) is 15.1 Å². The summed E-state index contributed by atoms with van der Waals surface area (Å²) >= 11 is 0. The first-order chi connectivity index (χ1) is 16.1. The van der Waals surface area contributed by atoms with Crippen LogP contribution in [-0.2, 0) is 10.3 Å².